The molecule has 0 spiro atoms. The summed E-state index contributed by atoms with van der Waals surface area (Å²) in [5.74, 6) is -0.447. The van der Waals surface area contributed by atoms with Crippen LogP contribution in [0.4, 0.5) is 0 Å². The zero-order valence-electron chi connectivity index (χ0n) is 5.20. The first-order chi connectivity index (χ1) is 4.18. The summed E-state index contributed by atoms with van der Waals surface area (Å²) in [6, 6.07) is 0. The molecule has 0 amide bonds. The van der Waals surface area contributed by atoms with Gasteiger partial charge in [0.2, 0.25) is 0 Å². The Balaban J connectivity index is 0. The Kier molecular flexibility index (Phi) is 11.9. The number of aliphatic carboxylic acids is 1. The van der Waals surface area contributed by atoms with Gasteiger partial charge in [0.05, 0.1) is 0 Å². The maximum absolute atomic E-state index is 9.95. The summed E-state index contributed by atoms with van der Waals surface area (Å²) in [5, 5.41) is 16.8. The Hall–Kier alpha value is 1.42. The molecule has 0 aromatic heterocycles. The summed E-state index contributed by atoms with van der Waals surface area (Å²) in [6.07, 6.45) is 1.02. The van der Waals surface area contributed by atoms with E-state index in [0.717, 1.165) is 0 Å². The van der Waals surface area contributed by atoms with E-state index in [-0.39, 0.29) is 51.4 Å². The monoisotopic (exact) mass is 190 g/mol. The predicted molar refractivity (Wildman–Crippen MR) is 43.8 cm³/mol. The van der Waals surface area contributed by atoms with Crippen molar-refractivity contribution in [1.82, 2.24) is 0 Å². The molecule has 0 aliphatic heterocycles. The molecule has 0 saturated carbocycles. The molecule has 0 aliphatic rings. The van der Waals surface area contributed by atoms with Crippen LogP contribution in [0.5, 0.6) is 0 Å². The molecule has 0 rings (SSSR count). The van der Waals surface area contributed by atoms with Crippen LogP contribution < -0.4 is 0 Å². The van der Waals surface area contributed by atoms with Gasteiger partial charge in [-0.1, -0.05) is 0 Å². The Morgan fingerprint density at radius 3 is 2.50 bits per heavy atom. The second kappa shape index (κ2) is 8.51. The Morgan fingerprint density at radius 1 is 1.70 bits per heavy atom. The van der Waals surface area contributed by atoms with Crippen LogP contribution in [0.2, 0.25) is 0 Å². The summed E-state index contributed by atoms with van der Waals surface area (Å²) in [6.45, 7) is 0. The van der Waals surface area contributed by atoms with Crippen molar-refractivity contribution in [3.63, 3.8) is 0 Å². The van der Waals surface area contributed by atoms with Crippen LogP contribution in [0.3, 0.4) is 0 Å². The molecule has 0 aromatic carbocycles. The molecule has 0 aliphatic carbocycles. The summed E-state index contributed by atoms with van der Waals surface area (Å²) >= 11 is 1.52. The van der Waals surface area contributed by atoms with Crippen LogP contribution in [-0.4, -0.2) is 85.7 Å². The minimum absolute atomic E-state index is 0. The second-order valence-electron chi connectivity index (χ2n) is 1.64. The fourth-order valence-corrected chi connectivity index (χ4v) is 0.812. The third-order valence-corrected chi connectivity index (χ3v) is 1.52. The number of thioether (sulfide) groups is 1. The molecule has 0 fully saturated rings. The van der Waals surface area contributed by atoms with E-state index in [1.165, 1.54) is 11.8 Å². The Bertz CT molecular complexity index is 98.9. The number of carboxylic acids is 1. The molecule has 0 heterocycles. The molecule has 56 valence electrons. The molecular weight excluding hydrogens is 179 g/mol. The van der Waals surface area contributed by atoms with Crippen molar-refractivity contribution in [1.29, 1.82) is 0 Å². The molecule has 2 N–H and O–H groups in total. The van der Waals surface area contributed by atoms with Gasteiger partial charge in [0.25, 0.3) is 0 Å². The van der Waals surface area contributed by atoms with E-state index in [1.807, 2.05) is 6.26 Å². The van der Waals surface area contributed by atoms with Crippen molar-refractivity contribution in [2.24, 2.45) is 0 Å². The number of hydrogen-bond acceptors (Lipinski definition) is 3. The molecule has 1 atom stereocenters. The second-order valence-corrected chi connectivity index (χ2v) is 2.62. The van der Waals surface area contributed by atoms with Crippen LogP contribution in [0.25, 0.3) is 0 Å². The van der Waals surface area contributed by atoms with Crippen LogP contribution >= 0.6 is 11.8 Å². The van der Waals surface area contributed by atoms with Gasteiger partial charge >= 0.3 is 57.4 Å². The minimum atomic E-state index is -1.18. The third-order valence-electron chi connectivity index (χ3n) is 0.880. The van der Waals surface area contributed by atoms with E-state index >= 15 is 0 Å². The van der Waals surface area contributed by atoms with Crippen molar-refractivity contribution in [2.75, 3.05) is 12.0 Å². The van der Waals surface area contributed by atoms with E-state index in [4.69, 9.17) is 10.2 Å². The van der Waals surface area contributed by atoms with E-state index in [2.05, 4.69) is 0 Å². The van der Waals surface area contributed by atoms with Crippen molar-refractivity contribution in [2.45, 2.75) is 12.5 Å². The molecule has 0 unspecified atom stereocenters. The fourth-order valence-electron chi connectivity index (χ4n) is 0.353. The van der Waals surface area contributed by atoms with Crippen molar-refractivity contribution in [3.05, 3.63) is 0 Å². The van der Waals surface area contributed by atoms with Crippen LogP contribution in [0.1, 0.15) is 6.42 Å². The number of aliphatic hydroxyl groups excluding tert-OH is 1. The number of aliphatic hydroxyl groups is 1. The molecule has 0 saturated heterocycles. The van der Waals surface area contributed by atoms with E-state index in [9.17, 15) is 4.79 Å². The normalized spacial score (nSPS) is 11.8. The van der Waals surface area contributed by atoms with E-state index in [0.29, 0.717) is 12.2 Å². The summed E-state index contributed by atoms with van der Waals surface area (Å²) < 4.78 is 0. The van der Waals surface area contributed by atoms with Gasteiger partial charge in [-0.05, 0) is 18.4 Å². The summed E-state index contributed by atoms with van der Waals surface area (Å²) in [7, 11) is 0. The topological polar surface area (TPSA) is 57.5 Å². The van der Waals surface area contributed by atoms with Crippen molar-refractivity contribution >= 4 is 69.1 Å². The molecule has 3 nitrogen and oxygen atoms in total. The SMILES string of the molecule is CSCC[C@H](O)C(=O)O.[KH]. The molecule has 0 radical (unpaired) electrons. The average Bonchev–Trinajstić information content (AvgIpc) is 1.82. The Morgan fingerprint density at radius 2 is 2.20 bits per heavy atom. The first-order valence-corrected chi connectivity index (χ1v) is 3.97. The van der Waals surface area contributed by atoms with Crippen LogP contribution in [-0.2, 0) is 4.79 Å². The first-order valence-electron chi connectivity index (χ1n) is 2.58. The van der Waals surface area contributed by atoms with Gasteiger partial charge in [-0.15, -0.1) is 0 Å². The standard InChI is InChI=1S/C5H10O3S.K.H/c1-9-3-2-4(6)5(7)8;;/h4,6H,2-3H2,1H3,(H,7,8);;/t4-;;/m0../s1. The van der Waals surface area contributed by atoms with Gasteiger partial charge < -0.3 is 10.2 Å². The van der Waals surface area contributed by atoms with Crippen LogP contribution in [0, 0.1) is 0 Å². The molecule has 5 heteroatoms. The number of carbonyl (C=O) groups is 1. The van der Waals surface area contributed by atoms with Gasteiger partial charge in [-0.25, -0.2) is 4.79 Å². The molecular formula is C5H11KO3S. The van der Waals surface area contributed by atoms with Crippen LogP contribution in [0.15, 0.2) is 0 Å². The zero-order chi connectivity index (χ0) is 7.28. The molecule has 0 bridgehead atoms. The van der Waals surface area contributed by atoms with E-state index in [1.54, 1.807) is 0 Å². The predicted octanol–water partition coefficient (Wildman–Crippen LogP) is -0.464. The van der Waals surface area contributed by atoms with Gasteiger partial charge in [0, 0.05) is 0 Å². The number of hydrogen-bond donors (Lipinski definition) is 2. The number of rotatable bonds is 4. The van der Waals surface area contributed by atoms with Gasteiger partial charge in [-0.3, -0.25) is 0 Å². The molecule has 0 aromatic rings. The van der Waals surface area contributed by atoms with Gasteiger partial charge in [-0.2, -0.15) is 11.8 Å². The quantitative estimate of drug-likeness (QED) is 0.589. The van der Waals surface area contributed by atoms with Crippen molar-refractivity contribution in [3.8, 4) is 0 Å². The third kappa shape index (κ3) is 7.52. The van der Waals surface area contributed by atoms with E-state index < -0.39 is 12.1 Å². The molecule has 10 heavy (non-hydrogen) atoms. The first kappa shape index (κ1) is 14.0. The average molecular weight is 190 g/mol. The van der Waals surface area contributed by atoms with Gasteiger partial charge in [0.15, 0.2) is 6.10 Å². The summed E-state index contributed by atoms with van der Waals surface area (Å²) in [4.78, 5) is 9.95. The summed E-state index contributed by atoms with van der Waals surface area (Å²) in [5.41, 5.74) is 0. The fraction of sp³-hybridized carbons (Fsp3) is 0.800. The zero-order valence-corrected chi connectivity index (χ0v) is 6.02. The number of carboxylic acid groups (broad SMARTS) is 1. The van der Waals surface area contributed by atoms with Gasteiger partial charge in [0.1, 0.15) is 0 Å². The van der Waals surface area contributed by atoms with Crippen molar-refractivity contribution < 1.29 is 15.0 Å². The Labute approximate surface area is 107 Å². The maximum atomic E-state index is 9.95.